The van der Waals surface area contributed by atoms with Crippen molar-refractivity contribution in [2.45, 2.75) is 222 Å². The van der Waals surface area contributed by atoms with Crippen LogP contribution in [0.1, 0.15) is 130 Å². The molecule has 72 heteroatoms. The molecule has 9 aromatic rings. The van der Waals surface area contributed by atoms with Gasteiger partial charge in [-0.05, 0) is 52.8 Å². The van der Waals surface area contributed by atoms with Gasteiger partial charge in [-0.15, -0.1) is 0 Å². The third-order valence-corrected chi connectivity index (χ3v) is 35.0. The number of ether oxygens (including phenoxy) is 7. The number of imidazole rings is 2. The Morgan fingerprint density at radius 3 is 0.938 bits per heavy atom. The number of nitrogens with zero attached hydrogens (tertiary/aromatic N) is 15. The predicted molar refractivity (Wildman–Crippen MR) is 513 cm³/mol. The molecule has 0 radical (unpaired) electrons. The molecule has 788 valence electrons. The minimum atomic E-state index is -5.08. The third kappa shape index (κ3) is 25.9. The molecule has 0 aromatic carbocycles. The number of anilines is 4. The maximum atomic E-state index is 14.9. The van der Waals surface area contributed by atoms with E-state index in [2.05, 4.69) is 54.8 Å². The second-order valence-electron chi connectivity index (χ2n) is 33.7. The monoisotopic (exact) mass is 2280 g/mol. The highest BCUT2D eigenvalue weighted by molar-refractivity contribution is 8.32. The van der Waals surface area contributed by atoms with E-state index in [0.717, 1.165) is 42.3 Å². The molecule has 0 bridgehead atoms. The zero-order valence-electron chi connectivity index (χ0n) is 76.0. The molecule has 7 fully saturated rings. The van der Waals surface area contributed by atoms with Crippen molar-refractivity contribution in [1.82, 2.24) is 86.8 Å². The highest BCUT2D eigenvalue weighted by Crippen LogP contribution is 2.57. The molecular weight excluding hydrogens is 2190 g/mol. The zero-order chi connectivity index (χ0) is 104. The third-order valence-electron chi connectivity index (χ3n) is 23.9. The van der Waals surface area contributed by atoms with E-state index in [0.29, 0.717) is 23.1 Å². The van der Waals surface area contributed by atoms with Gasteiger partial charge in [-0.1, -0.05) is 66.0 Å². The van der Waals surface area contributed by atoms with Gasteiger partial charge in [0.2, 0.25) is 0 Å². The molecule has 0 aliphatic carbocycles. The van der Waals surface area contributed by atoms with Gasteiger partial charge in [-0.3, -0.25) is 65.9 Å². The van der Waals surface area contributed by atoms with Crippen molar-refractivity contribution in [1.29, 1.82) is 0 Å². The summed E-state index contributed by atoms with van der Waals surface area (Å²) >= 11 is 38.0. The molecule has 7 aliphatic heterocycles. The molecule has 7 saturated heterocycles. The summed E-state index contributed by atoms with van der Waals surface area (Å²) in [6, 6.07) is 0. The van der Waals surface area contributed by atoms with Crippen molar-refractivity contribution >= 4 is 176 Å². The van der Waals surface area contributed by atoms with Crippen LogP contribution in [0, 0.1) is 34.6 Å². The molecule has 7 unspecified atom stereocenters. The number of H-pyrrole nitrogens is 3. The largest absolute Gasteiger partial charge is 0.780 e. The van der Waals surface area contributed by atoms with Gasteiger partial charge in [0.15, 0.2) is 29.7 Å². The summed E-state index contributed by atoms with van der Waals surface area (Å²) in [5.74, 6) is -0.112. The van der Waals surface area contributed by atoms with Crippen molar-refractivity contribution in [2.75, 3.05) is 69.7 Å². The molecule has 58 nitrogen and oxygen atoms in total. The highest BCUT2D eigenvalue weighted by Gasteiger charge is 2.50. The molecule has 7 aliphatic rings. The number of hydrogen-bond donors (Lipinski definition) is 8. The molecule has 144 heavy (non-hydrogen) atoms. The zero-order valence-corrected chi connectivity index (χ0v) is 87.9. The summed E-state index contributed by atoms with van der Waals surface area (Å²) in [5.41, 5.74) is 18.7. The van der Waals surface area contributed by atoms with Crippen LogP contribution in [0.15, 0.2) is 94.6 Å². The Bertz CT molecular complexity index is 7250. The van der Waals surface area contributed by atoms with E-state index in [1.165, 1.54) is 83.1 Å². The summed E-state index contributed by atoms with van der Waals surface area (Å²) in [5, 5.41) is 0. The number of nitrogens with two attached hydrogens (primary N) is 4. The Kier molecular flexibility index (Phi) is 34.0. The van der Waals surface area contributed by atoms with E-state index in [-0.39, 0.29) is 82.4 Å². The molecule has 12 N–H and O–H groups in total. The fourth-order valence-electron chi connectivity index (χ4n) is 16.6. The Morgan fingerprint density at radius 2 is 0.639 bits per heavy atom. The number of aryl methyl sites for hydroxylation is 5. The quantitative estimate of drug-likeness (QED) is 0.0157. The fourth-order valence-corrected chi connectivity index (χ4v) is 26.4. The molecule has 28 atom stereocenters. The molecule has 0 amide bonds. The minimum absolute atomic E-state index is 0.00195. The highest BCUT2D eigenvalue weighted by atomic mass is 32.7. The van der Waals surface area contributed by atoms with Crippen LogP contribution in [-0.2, 0) is 184 Å². The number of hydrogen-bond acceptors (Lipinski definition) is 54. The van der Waals surface area contributed by atoms with Crippen LogP contribution >= 0.6 is 47.1 Å². The summed E-state index contributed by atoms with van der Waals surface area (Å²) in [6.07, 6.45) is -19.1. The van der Waals surface area contributed by atoms with Gasteiger partial charge < -0.3 is 161 Å². The topological polar surface area (TPSA) is 772 Å². The number of nitrogen functional groups attached to an aromatic ring is 4. The molecule has 0 spiro atoms. The molecular formula is C72H91N22O36P7S7-6. The van der Waals surface area contributed by atoms with Gasteiger partial charge >= 0.3 is 35.2 Å². The molecule has 9 aromatic heterocycles. The SMILES string of the molecule is CC[C@H]1O[C@@H](n2cnc3c(N)ncnc32)C[C@H]1OP([O-])(=S)OC[C@H]1O[C@@H](n2cc(C)c(=O)[nH]c2=O)C[C@H]1OP(=O)([S-])OC[C@H]1O[C@@H](n2cc(C)c(N)nc2=O)C[C@H]1OP([O-])(=S)OC[C@H]1O[C@@H](n2cc(C)c(=O)[nH]c2=O)C[C@H]1OP([O-])(=S)OC[C@H]1O[C@@H](n2cc(C)c(=O)[nH]c2=O)C[C@H]1OP([O-])(=S)OC[C@H]1O[C@@H](n2cc(C)c(N)nc2=O)C[C@H]1OP([O-])(=S)OC[C@H]1O[C@@H](n2cnc3c(N)ncnc32)C[C@H]1OP(O)(=S)OC. The molecule has 16 rings (SSSR count). The Hall–Kier alpha value is -6.50. The van der Waals surface area contributed by atoms with Crippen molar-refractivity contribution in [3.8, 4) is 0 Å². The van der Waals surface area contributed by atoms with E-state index in [1.54, 1.807) is 11.5 Å². The summed E-state index contributed by atoms with van der Waals surface area (Å²) in [6.45, 7) is -29.6. The van der Waals surface area contributed by atoms with Gasteiger partial charge in [0.1, 0.15) is 149 Å². The number of rotatable bonds is 41. The van der Waals surface area contributed by atoms with E-state index in [1.807, 2.05) is 0 Å². The van der Waals surface area contributed by atoms with Crippen LogP contribution in [0.3, 0.4) is 0 Å². The number of fused-ring (bicyclic) bond motifs is 2. The maximum Gasteiger partial charge on any atom is 0.351 e. The molecule has 0 saturated carbocycles. The lowest BCUT2D eigenvalue weighted by Gasteiger charge is -2.36. The number of nitrogens with one attached hydrogen (secondary N) is 3. The van der Waals surface area contributed by atoms with Gasteiger partial charge in [0.05, 0.1) is 101 Å². The van der Waals surface area contributed by atoms with Crippen molar-refractivity contribution in [3.05, 3.63) is 168 Å². The van der Waals surface area contributed by atoms with Crippen LogP contribution in [-0.4, -0.2) is 224 Å². The lowest BCUT2D eigenvalue weighted by molar-refractivity contribution is -0.221. The summed E-state index contributed by atoms with van der Waals surface area (Å²) in [4.78, 5) is 229. The number of aromatic nitrogens is 18. The Labute approximate surface area is 846 Å². The minimum Gasteiger partial charge on any atom is -0.780 e. The van der Waals surface area contributed by atoms with E-state index in [4.69, 9.17) is 203 Å². The maximum absolute atomic E-state index is 14.9. The van der Waals surface area contributed by atoms with Crippen LogP contribution < -0.4 is 92.5 Å². The Morgan fingerprint density at radius 1 is 0.382 bits per heavy atom. The van der Waals surface area contributed by atoms with Gasteiger partial charge in [0, 0.05) is 111 Å². The fraction of sp³-hybridized carbons (Fsp3) is 0.583. The van der Waals surface area contributed by atoms with Crippen LogP contribution in [0.2, 0.25) is 0 Å². The van der Waals surface area contributed by atoms with Crippen molar-refractivity contribution < 1.29 is 130 Å². The second kappa shape index (κ2) is 44.4. The second-order valence-corrected chi connectivity index (χ2v) is 52.8. The lowest BCUT2D eigenvalue weighted by atomic mass is 10.1. The van der Waals surface area contributed by atoms with Crippen LogP contribution in [0.5, 0.6) is 0 Å². The first-order chi connectivity index (χ1) is 67.8. The normalized spacial score (nSPS) is 29.7. The average Bonchev–Trinajstić information content (AvgIpc) is 1.62. The Balaban J connectivity index is 0.600. The summed E-state index contributed by atoms with van der Waals surface area (Å²) in [7, 11) is 1.12. The first kappa shape index (κ1) is 110. The predicted octanol–water partition coefficient (Wildman–Crippen LogP) is -1.64. The van der Waals surface area contributed by atoms with Crippen LogP contribution in [0.25, 0.3) is 22.3 Å². The standard InChI is InChI=1S/C72H97N22O36P7S7/c1-8-36-37(9-55(117-36)93-29-81-57-61(75)77-27-79-63(57)93)125-132(104,139)111-22-47-41(12-52(120-47)90-18-33(4)65(95)85-70(90)100)128-135(107,142)113-24-46-40(11-51(119-46)89-17-32(3)60(74)84-69(89)99)127-134(106,141)115-25-48-43(14-54(121-48)92-20-35(6)67(97)87-72(92)102)130-137(109,144)116-26-49-42(13-53(122-49)91-19-34(5)66(96)86-71(91)101)129-136(108,143)114-23-45-39(10-50(118-45)88-16-31(2)59(73)83-68(88)98)126-133(105,140)112-21-44-38(124-131(103,138)110-7)15-56(123-44)94-30-82-58-62(76)78-28-80-64(58)94/h16-20,27-30,36-56H,8-15,21-26H2,1-7H3,(H,103,138)(H,104,139)(H,105,140)(H,106,141)(H,107,142)(H,108,143)(H,109,144)(H2,73,83,98)(H2,74,84,99)(H2,75,77,79)(H2,76,78,80)(H,85,95,100)(H,86,96,101)(H,87,97,102)/p-6/t36-,37-,38-,39-,40-,41-,42-,43-,44-,45-,46-,47-,48-,49-,50-,51-,52-,53-,54-,55-,56-,131?,132?,133?,134?,135?,136?,137?/m1/s1. The van der Waals surface area contributed by atoms with Gasteiger partial charge in [0.25, 0.3) is 16.7 Å². The smallest absolute Gasteiger partial charge is 0.351 e. The first-order valence-electron chi connectivity index (χ1n) is 43.3. The lowest BCUT2D eigenvalue weighted by Crippen LogP contribution is -2.34. The van der Waals surface area contributed by atoms with Gasteiger partial charge in [-0.25, -0.2) is 53.9 Å². The number of aromatic amines is 3. The first-order valence-corrected chi connectivity index (χ1v) is 61.2. The van der Waals surface area contributed by atoms with Crippen LogP contribution in [0.4, 0.5) is 23.3 Å². The van der Waals surface area contributed by atoms with E-state index >= 15 is 0 Å². The van der Waals surface area contributed by atoms with E-state index in [9.17, 15) is 72.3 Å². The summed E-state index contributed by atoms with van der Waals surface area (Å²) < 4.78 is 148. The van der Waals surface area contributed by atoms with Crippen molar-refractivity contribution in [2.24, 2.45) is 0 Å². The average molecular weight is 2280 g/mol. The van der Waals surface area contributed by atoms with Gasteiger partial charge in [-0.2, -0.15) is 9.97 Å². The van der Waals surface area contributed by atoms with Crippen molar-refractivity contribution in [3.63, 3.8) is 0 Å². The molecule has 16 heterocycles. The van der Waals surface area contributed by atoms with E-state index < -0.39 is 280 Å².